The van der Waals surface area contributed by atoms with Crippen LogP contribution < -0.4 is 15.4 Å². The first kappa shape index (κ1) is 17.8. The van der Waals surface area contributed by atoms with Crippen LogP contribution in [0.5, 0.6) is 5.75 Å². The van der Waals surface area contributed by atoms with Crippen LogP contribution in [0.1, 0.15) is 22.3 Å². The summed E-state index contributed by atoms with van der Waals surface area (Å²) in [6.07, 6.45) is 0.562. The number of ether oxygens (including phenoxy) is 1. The molecule has 0 heterocycles. The molecule has 3 N–H and O–H groups in total. The van der Waals surface area contributed by atoms with Gasteiger partial charge >= 0.3 is 0 Å². The minimum atomic E-state index is -0.127. The summed E-state index contributed by atoms with van der Waals surface area (Å²) in [5.74, 6) is 0.740. The summed E-state index contributed by atoms with van der Waals surface area (Å²) >= 11 is 0. The van der Waals surface area contributed by atoms with Crippen LogP contribution in [0.4, 0.5) is 5.69 Å². The van der Waals surface area contributed by atoms with Gasteiger partial charge in [-0.3, -0.25) is 4.79 Å². The minimum absolute atomic E-state index is 0.0771. The summed E-state index contributed by atoms with van der Waals surface area (Å²) in [6, 6.07) is 15.2. The summed E-state index contributed by atoms with van der Waals surface area (Å²) in [4.78, 5) is 11.8. The van der Waals surface area contributed by atoms with E-state index in [9.17, 15) is 4.79 Å². The lowest BCUT2D eigenvalue weighted by molar-refractivity contribution is 0.0951. The van der Waals surface area contributed by atoms with Gasteiger partial charge in [0.2, 0.25) is 0 Å². The van der Waals surface area contributed by atoms with Crippen LogP contribution in [0.25, 0.3) is 0 Å². The largest absolute Gasteiger partial charge is 0.492 e. The molecule has 0 saturated heterocycles. The van der Waals surface area contributed by atoms with Crippen LogP contribution in [-0.2, 0) is 0 Å². The van der Waals surface area contributed by atoms with E-state index in [2.05, 4.69) is 10.6 Å². The van der Waals surface area contributed by atoms with Crippen molar-refractivity contribution in [2.75, 3.05) is 31.6 Å². The zero-order valence-electron chi connectivity index (χ0n) is 13.9. The molecule has 2 aromatic carbocycles. The standard InChI is InChI=1S/C19H24N2O3/c1-15-4-2-5-18(14-15)24-13-11-20-17-8-6-16(7-9-17)19(23)21-10-3-12-22/h2,4-9,14,20,22H,3,10-13H2,1H3,(H,21,23). The Morgan fingerprint density at radius 3 is 2.62 bits per heavy atom. The Kier molecular flexibility index (Phi) is 7.11. The van der Waals surface area contributed by atoms with E-state index in [-0.39, 0.29) is 12.5 Å². The van der Waals surface area contributed by atoms with Crippen LogP contribution in [0.2, 0.25) is 0 Å². The van der Waals surface area contributed by atoms with E-state index in [1.807, 2.05) is 43.3 Å². The van der Waals surface area contributed by atoms with Crippen molar-refractivity contribution in [3.8, 4) is 5.75 Å². The van der Waals surface area contributed by atoms with Crippen molar-refractivity contribution in [1.82, 2.24) is 5.32 Å². The van der Waals surface area contributed by atoms with Crippen molar-refractivity contribution in [3.63, 3.8) is 0 Å². The van der Waals surface area contributed by atoms with Gasteiger partial charge in [-0.25, -0.2) is 0 Å². The molecular formula is C19H24N2O3. The number of rotatable bonds is 9. The second-order valence-electron chi connectivity index (χ2n) is 5.50. The number of carbonyl (C=O) groups excluding carboxylic acids is 1. The number of benzene rings is 2. The number of aliphatic hydroxyl groups excluding tert-OH is 1. The Hall–Kier alpha value is -2.53. The van der Waals surface area contributed by atoms with E-state index in [0.29, 0.717) is 31.7 Å². The highest BCUT2D eigenvalue weighted by Gasteiger charge is 2.04. The zero-order chi connectivity index (χ0) is 17.2. The molecule has 1 amide bonds. The molecule has 0 aliphatic rings. The smallest absolute Gasteiger partial charge is 0.251 e. The Bertz CT molecular complexity index is 641. The fourth-order valence-corrected chi connectivity index (χ4v) is 2.19. The predicted octanol–water partition coefficient (Wildman–Crippen LogP) is 2.60. The number of hydrogen-bond acceptors (Lipinski definition) is 4. The lowest BCUT2D eigenvalue weighted by Gasteiger charge is -2.10. The zero-order valence-corrected chi connectivity index (χ0v) is 13.9. The molecule has 0 radical (unpaired) electrons. The average Bonchev–Trinajstić information content (AvgIpc) is 2.59. The molecule has 5 nitrogen and oxygen atoms in total. The predicted molar refractivity (Wildman–Crippen MR) is 95.6 cm³/mol. The third kappa shape index (κ3) is 5.93. The Balaban J connectivity index is 1.72. The summed E-state index contributed by atoms with van der Waals surface area (Å²) < 4.78 is 5.68. The van der Waals surface area contributed by atoms with Crippen molar-refractivity contribution >= 4 is 11.6 Å². The topological polar surface area (TPSA) is 70.6 Å². The number of anilines is 1. The monoisotopic (exact) mass is 328 g/mol. The van der Waals surface area contributed by atoms with E-state index in [4.69, 9.17) is 9.84 Å². The summed E-state index contributed by atoms with van der Waals surface area (Å²) in [7, 11) is 0. The molecule has 0 spiro atoms. The molecule has 0 aliphatic heterocycles. The molecule has 5 heteroatoms. The van der Waals surface area contributed by atoms with Gasteiger partial charge in [0.1, 0.15) is 12.4 Å². The quantitative estimate of drug-likeness (QED) is 0.619. The number of carbonyl (C=O) groups is 1. The second kappa shape index (κ2) is 9.57. The lowest BCUT2D eigenvalue weighted by atomic mass is 10.2. The molecule has 2 rings (SSSR count). The van der Waals surface area contributed by atoms with Crippen LogP contribution in [-0.4, -0.2) is 37.3 Å². The first-order valence-corrected chi connectivity index (χ1v) is 8.11. The SMILES string of the molecule is Cc1cccc(OCCNc2ccc(C(=O)NCCCO)cc2)c1. The van der Waals surface area contributed by atoms with Gasteiger partial charge in [0, 0.05) is 30.9 Å². The van der Waals surface area contributed by atoms with Crippen molar-refractivity contribution in [2.45, 2.75) is 13.3 Å². The van der Waals surface area contributed by atoms with Gasteiger partial charge in [0.25, 0.3) is 5.91 Å². The van der Waals surface area contributed by atoms with Gasteiger partial charge in [-0.05, 0) is 55.3 Å². The normalized spacial score (nSPS) is 10.2. The maximum atomic E-state index is 11.8. The molecule has 0 bridgehead atoms. The summed E-state index contributed by atoms with van der Waals surface area (Å²) in [5.41, 5.74) is 2.72. The molecule has 0 fully saturated rings. The van der Waals surface area contributed by atoms with Gasteiger partial charge in [0.05, 0.1) is 0 Å². The van der Waals surface area contributed by atoms with Gasteiger partial charge in [-0.1, -0.05) is 12.1 Å². The molecule has 128 valence electrons. The third-order valence-corrected chi connectivity index (χ3v) is 3.46. The maximum absolute atomic E-state index is 11.8. The number of aryl methyl sites for hydroxylation is 1. The number of nitrogens with one attached hydrogen (secondary N) is 2. The van der Waals surface area contributed by atoms with E-state index in [1.165, 1.54) is 5.56 Å². The highest BCUT2D eigenvalue weighted by molar-refractivity contribution is 5.94. The van der Waals surface area contributed by atoms with Crippen molar-refractivity contribution < 1.29 is 14.6 Å². The molecule has 2 aromatic rings. The second-order valence-corrected chi connectivity index (χ2v) is 5.50. The fourth-order valence-electron chi connectivity index (χ4n) is 2.19. The van der Waals surface area contributed by atoms with Crippen LogP contribution in [0, 0.1) is 6.92 Å². The molecule has 0 unspecified atom stereocenters. The molecule has 0 atom stereocenters. The van der Waals surface area contributed by atoms with E-state index in [0.717, 1.165) is 11.4 Å². The first-order chi connectivity index (χ1) is 11.7. The van der Waals surface area contributed by atoms with E-state index < -0.39 is 0 Å². The molecule has 0 aromatic heterocycles. The van der Waals surface area contributed by atoms with Crippen molar-refractivity contribution in [3.05, 3.63) is 59.7 Å². The van der Waals surface area contributed by atoms with E-state index in [1.54, 1.807) is 12.1 Å². The Morgan fingerprint density at radius 2 is 1.92 bits per heavy atom. The highest BCUT2D eigenvalue weighted by atomic mass is 16.5. The number of aliphatic hydroxyl groups is 1. The van der Waals surface area contributed by atoms with E-state index >= 15 is 0 Å². The van der Waals surface area contributed by atoms with Crippen molar-refractivity contribution in [1.29, 1.82) is 0 Å². The Morgan fingerprint density at radius 1 is 1.12 bits per heavy atom. The average molecular weight is 328 g/mol. The van der Waals surface area contributed by atoms with Crippen LogP contribution in [0.15, 0.2) is 48.5 Å². The maximum Gasteiger partial charge on any atom is 0.251 e. The highest BCUT2D eigenvalue weighted by Crippen LogP contribution is 2.13. The van der Waals surface area contributed by atoms with Crippen LogP contribution in [0.3, 0.4) is 0 Å². The summed E-state index contributed by atoms with van der Waals surface area (Å²) in [6.45, 7) is 3.83. The fraction of sp³-hybridized carbons (Fsp3) is 0.316. The summed E-state index contributed by atoms with van der Waals surface area (Å²) in [5, 5.41) is 14.7. The lowest BCUT2D eigenvalue weighted by Crippen LogP contribution is -2.24. The van der Waals surface area contributed by atoms with Gasteiger partial charge < -0.3 is 20.5 Å². The number of amides is 1. The number of hydrogen-bond donors (Lipinski definition) is 3. The first-order valence-electron chi connectivity index (χ1n) is 8.11. The van der Waals surface area contributed by atoms with Gasteiger partial charge in [-0.15, -0.1) is 0 Å². The molecule has 24 heavy (non-hydrogen) atoms. The molecule has 0 saturated carbocycles. The third-order valence-electron chi connectivity index (χ3n) is 3.46. The van der Waals surface area contributed by atoms with Gasteiger partial charge in [0.15, 0.2) is 0 Å². The molecule has 0 aliphatic carbocycles. The molecular weight excluding hydrogens is 304 g/mol. The van der Waals surface area contributed by atoms with Gasteiger partial charge in [-0.2, -0.15) is 0 Å². The minimum Gasteiger partial charge on any atom is -0.492 e. The Labute approximate surface area is 142 Å². The van der Waals surface area contributed by atoms with Crippen molar-refractivity contribution in [2.24, 2.45) is 0 Å². The van der Waals surface area contributed by atoms with Crippen LogP contribution >= 0.6 is 0 Å².